The number of carbonyl (C=O) groups excluding carboxylic acids is 2. The van der Waals surface area contributed by atoms with Crippen molar-refractivity contribution in [2.75, 3.05) is 11.6 Å². The summed E-state index contributed by atoms with van der Waals surface area (Å²) in [6.45, 7) is 1.45. The smallest absolute Gasteiger partial charge is 0.338 e. The van der Waals surface area contributed by atoms with Gasteiger partial charge in [-0.25, -0.2) is 9.18 Å². The summed E-state index contributed by atoms with van der Waals surface area (Å²) in [6, 6.07) is 10.5. The van der Waals surface area contributed by atoms with Crippen molar-refractivity contribution in [3.8, 4) is 0 Å². The number of esters is 1. The molecule has 0 bridgehead atoms. The number of ether oxygens (including phenoxy) is 1. The molecule has 126 valence electrons. The average Bonchev–Trinajstić information content (AvgIpc) is 2.57. The van der Waals surface area contributed by atoms with Crippen molar-refractivity contribution < 1.29 is 18.7 Å². The maximum Gasteiger partial charge on any atom is 0.338 e. The minimum atomic E-state index is -1.03. The lowest BCUT2D eigenvalue weighted by Gasteiger charge is -2.14. The highest BCUT2D eigenvalue weighted by Gasteiger charge is 2.20. The predicted octanol–water partition coefficient (Wildman–Crippen LogP) is 4.39. The normalized spacial score (nSPS) is 11.7. The fourth-order valence-corrected chi connectivity index (χ4v) is 2.46. The lowest BCUT2D eigenvalue weighted by atomic mass is 10.2. The number of anilines is 1. The molecule has 1 amide bonds. The largest absolute Gasteiger partial charge is 0.449 e. The second kappa shape index (κ2) is 8.17. The Balaban J connectivity index is 1.98. The number of hydrogen-bond donors (Lipinski definition) is 1. The standard InChI is InChI=1S/C17H15ClFNO3S/c1-10(16(21)20-15-8-5-12(19)9-14(15)18)23-17(22)11-3-6-13(24-2)7-4-11/h3-10H,1-2H3,(H,20,21)/t10-/m1/s1. The number of nitrogens with one attached hydrogen (secondary N) is 1. The molecule has 2 aromatic rings. The third-order valence-electron chi connectivity index (χ3n) is 3.17. The molecule has 0 saturated carbocycles. The molecule has 7 heteroatoms. The minimum Gasteiger partial charge on any atom is -0.449 e. The van der Waals surface area contributed by atoms with Gasteiger partial charge in [-0.3, -0.25) is 4.79 Å². The van der Waals surface area contributed by atoms with Gasteiger partial charge in [0.15, 0.2) is 6.10 Å². The van der Waals surface area contributed by atoms with E-state index in [1.165, 1.54) is 19.1 Å². The predicted molar refractivity (Wildman–Crippen MR) is 93.1 cm³/mol. The lowest BCUT2D eigenvalue weighted by molar-refractivity contribution is -0.123. The van der Waals surface area contributed by atoms with E-state index in [9.17, 15) is 14.0 Å². The molecule has 0 aliphatic rings. The van der Waals surface area contributed by atoms with Crippen LogP contribution in [0.1, 0.15) is 17.3 Å². The van der Waals surface area contributed by atoms with E-state index in [-0.39, 0.29) is 10.7 Å². The molecule has 0 fully saturated rings. The molecule has 1 N–H and O–H groups in total. The van der Waals surface area contributed by atoms with E-state index >= 15 is 0 Å². The molecule has 0 heterocycles. The summed E-state index contributed by atoms with van der Waals surface area (Å²) in [5.41, 5.74) is 0.600. The number of rotatable bonds is 5. The topological polar surface area (TPSA) is 55.4 Å². The van der Waals surface area contributed by atoms with Gasteiger partial charge in [0.2, 0.25) is 0 Å². The molecule has 24 heavy (non-hydrogen) atoms. The first-order valence-electron chi connectivity index (χ1n) is 7.01. The SMILES string of the molecule is CSc1ccc(C(=O)O[C@H](C)C(=O)Nc2ccc(F)cc2Cl)cc1. The van der Waals surface area contributed by atoms with Crippen molar-refractivity contribution in [1.82, 2.24) is 0 Å². The van der Waals surface area contributed by atoms with Gasteiger partial charge in [0, 0.05) is 4.90 Å². The fraction of sp³-hybridized carbons (Fsp3) is 0.176. The lowest BCUT2D eigenvalue weighted by Crippen LogP contribution is -2.30. The molecule has 0 aromatic heterocycles. The zero-order valence-corrected chi connectivity index (χ0v) is 14.6. The first kappa shape index (κ1) is 18.3. The number of benzene rings is 2. The summed E-state index contributed by atoms with van der Waals surface area (Å²) in [6.07, 6.45) is 0.902. The van der Waals surface area contributed by atoms with E-state index in [2.05, 4.69) is 5.32 Å². The summed E-state index contributed by atoms with van der Waals surface area (Å²) in [7, 11) is 0. The number of hydrogen-bond acceptors (Lipinski definition) is 4. The zero-order chi connectivity index (χ0) is 17.7. The highest BCUT2D eigenvalue weighted by atomic mass is 35.5. The molecular weight excluding hydrogens is 353 g/mol. The highest BCUT2D eigenvalue weighted by molar-refractivity contribution is 7.98. The maximum absolute atomic E-state index is 13.0. The fourth-order valence-electron chi connectivity index (χ4n) is 1.83. The van der Waals surface area contributed by atoms with Crippen LogP contribution in [0.5, 0.6) is 0 Å². The van der Waals surface area contributed by atoms with E-state index in [0.717, 1.165) is 11.0 Å². The highest BCUT2D eigenvalue weighted by Crippen LogP contribution is 2.23. The Morgan fingerprint density at radius 1 is 1.21 bits per heavy atom. The van der Waals surface area contributed by atoms with E-state index in [1.807, 2.05) is 6.26 Å². The molecule has 2 rings (SSSR count). The third-order valence-corrected chi connectivity index (χ3v) is 4.22. The average molecular weight is 368 g/mol. The van der Waals surface area contributed by atoms with Gasteiger partial charge in [-0.2, -0.15) is 0 Å². The van der Waals surface area contributed by atoms with Gasteiger partial charge in [0.25, 0.3) is 5.91 Å². The van der Waals surface area contributed by atoms with Crippen LogP contribution >= 0.6 is 23.4 Å². The molecule has 4 nitrogen and oxygen atoms in total. The van der Waals surface area contributed by atoms with E-state index < -0.39 is 23.8 Å². The van der Waals surface area contributed by atoms with Gasteiger partial charge in [0.1, 0.15) is 5.82 Å². The van der Waals surface area contributed by atoms with Gasteiger partial charge >= 0.3 is 5.97 Å². The Morgan fingerprint density at radius 3 is 2.46 bits per heavy atom. The van der Waals surface area contributed by atoms with Crippen LogP contribution in [-0.4, -0.2) is 24.2 Å². The van der Waals surface area contributed by atoms with Crippen molar-refractivity contribution in [3.05, 3.63) is 58.9 Å². The molecular formula is C17H15ClFNO3S. The summed E-state index contributed by atoms with van der Waals surface area (Å²) < 4.78 is 18.1. The van der Waals surface area contributed by atoms with Gasteiger partial charge < -0.3 is 10.1 Å². The van der Waals surface area contributed by atoms with Crippen molar-refractivity contribution in [1.29, 1.82) is 0 Å². The van der Waals surface area contributed by atoms with Gasteiger partial charge in [0.05, 0.1) is 16.3 Å². The van der Waals surface area contributed by atoms with E-state index in [4.69, 9.17) is 16.3 Å². The van der Waals surface area contributed by atoms with Crippen LogP contribution in [0, 0.1) is 5.82 Å². The summed E-state index contributed by atoms with van der Waals surface area (Å²) in [5, 5.41) is 2.56. The Labute approximate surface area is 148 Å². The Morgan fingerprint density at radius 2 is 1.88 bits per heavy atom. The van der Waals surface area contributed by atoms with Crippen LogP contribution in [0.15, 0.2) is 47.4 Å². The first-order chi connectivity index (χ1) is 11.4. The van der Waals surface area contributed by atoms with Crippen LogP contribution in [0.3, 0.4) is 0 Å². The quantitative estimate of drug-likeness (QED) is 0.629. The molecule has 0 aliphatic heterocycles. The number of thioether (sulfide) groups is 1. The summed E-state index contributed by atoms with van der Waals surface area (Å²) in [5.74, 6) is -1.67. The summed E-state index contributed by atoms with van der Waals surface area (Å²) in [4.78, 5) is 25.1. The van der Waals surface area contributed by atoms with Gasteiger partial charge in [-0.15, -0.1) is 11.8 Å². The maximum atomic E-state index is 13.0. The number of amides is 1. The number of carbonyl (C=O) groups is 2. The van der Waals surface area contributed by atoms with Crippen LogP contribution < -0.4 is 5.32 Å². The van der Waals surface area contributed by atoms with Crippen molar-refractivity contribution in [2.45, 2.75) is 17.9 Å². The Hall–Kier alpha value is -2.05. The van der Waals surface area contributed by atoms with E-state index in [0.29, 0.717) is 5.56 Å². The van der Waals surface area contributed by atoms with Gasteiger partial charge in [-0.1, -0.05) is 11.6 Å². The summed E-state index contributed by atoms with van der Waals surface area (Å²) >= 11 is 7.40. The molecule has 0 radical (unpaired) electrons. The van der Waals surface area contributed by atoms with Crippen LogP contribution in [0.25, 0.3) is 0 Å². The third kappa shape index (κ3) is 4.72. The molecule has 1 atom stereocenters. The van der Waals surface area contributed by atoms with Crippen molar-refractivity contribution >= 4 is 40.9 Å². The van der Waals surface area contributed by atoms with Crippen LogP contribution in [0.2, 0.25) is 5.02 Å². The number of halogens is 2. The van der Waals surface area contributed by atoms with Gasteiger partial charge in [-0.05, 0) is 55.6 Å². The molecule has 0 aliphatic carbocycles. The second-order valence-electron chi connectivity index (χ2n) is 4.89. The molecule has 0 saturated heterocycles. The Bertz CT molecular complexity index is 752. The molecule has 0 unspecified atom stereocenters. The minimum absolute atomic E-state index is 0.0644. The van der Waals surface area contributed by atoms with Crippen LogP contribution in [0.4, 0.5) is 10.1 Å². The monoisotopic (exact) mass is 367 g/mol. The first-order valence-corrected chi connectivity index (χ1v) is 8.62. The molecule has 2 aromatic carbocycles. The zero-order valence-electron chi connectivity index (χ0n) is 13.0. The van der Waals surface area contributed by atoms with Crippen LogP contribution in [-0.2, 0) is 9.53 Å². The second-order valence-corrected chi connectivity index (χ2v) is 6.18. The van der Waals surface area contributed by atoms with E-state index in [1.54, 1.807) is 36.0 Å². The Kier molecular flexibility index (Phi) is 6.23. The van der Waals surface area contributed by atoms with Crippen molar-refractivity contribution in [2.24, 2.45) is 0 Å². The molecule has 0 spiro atoms. The van der Waals surface area contributed by atoms with Crippen molar-refractivity contribution in [3.63, 3.8) is 0 Å².